The number of amides is 1. The molecule has 0 aliphatic carbocycles. The van der Waals surface area contributed by atoms with Gasteiger partial charge in [-0.05, 0) is 75.8 Å². The highest BCUT2D eigenvalue weighted by Crippen LogP contribution is 2.30. The van der Waals surface area contributed by atoms with Crippen molar-refractivity contribution in [2.45, 2.75) is 38.5 Å². The molecule has 0 fully saturated rings. The molecule has 3 aromatic rings. The minimum atomic E-state index is -3.59. The molecule has 0 radical (unpaired) electrons. The van der Waals surface area contributed by atoms with E-state index in [4.69, 9.17) is 4.98 Å². The Labute approximate surface area is 219 Å². The van der Waals surface area contributed by atoms with Gasteiger partial charge in [-0.25, -0.2) is 13.4 Å². The number of aromatic nitrogens is 1. The number of thiazole rings is 1. The van der Waals surface area contributed by atoms with E-state index in [1.165, 1.54) is 27.8 Å². The van der Waals surface area contributed by atoms with Gasteiger partial charge in [0.05, 0.1) is 15.1 Å². The van der Waals surface area contributed by atoms with Crippen molar-refractivity contribution in [3.63, 3.8) is 0 Å². The molecule has 0 spiro atoms. The third-order valence-corrected chi connectivity index (χ3v) is 8.42. The van der Waals surface area contributed by atoms with Crippen LogP contribution in [-0.4, -0.2) is 68.8 Å². The van der Waals surface area contributed by atoms with Crippen molar-refractivity contribution in [3.05, 3.63) is 53.6 Å². The maximum Gasteiger partial charge on any atom is 0.260 e. The molecular weight excluding hydrogens is 504 g/mol. The molecule has 0 unspecified atom stereocenters. The van der Waals surface area contributed by atoms with Gasteiger partial charge in [0.2, 0.25) is 10.0 Å². The number of sulfonamides is 1. The molecule has 0 N–H and O–H groups in total. The highest BCUT2D eigenvalue weighted by Gasteiger charge is 2.25. The Hall–Kier alpha value is -2.04. The SMILES string of the molecule is CCCN(CCC)S(=O)(=O)c1ccc(C(=O)N(CCN(C)C)c2nc3ccc(C)cc3s2)cc1.Cl. The summed E-state index contributed by atoms with van der Waals surface area (Å²) in [5.41, 5.74) is 2.44. The molecule has 0 bridgehead atoms. The first kappa shape index (κ1) is 29.2. The number of nitrogens with zero attached hydrogens (tertiary/aromatic N) is 4. The van der Waals surface area contributed by atoms with Crippen molar-refractivity contribution in [2.24, 2.45) is 0 Å². The molecule has 0 aliphatic rings. The van der Waals surface area contributed by atoms with Crippen molar-refractivity contribution < 1.29 is 13.2 Å². The van der Waals surface area contributed by atoms with Gasteiger partial charge < -0.3 is 4.90 Å². The number of carbonyl (C=O) groups is 1. The molecule has 35 heavy (non-hydrogen) atoms. The lowest BCUT2D eigenvalue weighted by atomic mass is 10.2. The van der Waals surface area contributed by atoms with Gasteiger partial charge in [0.25, 0.3) is 5.91 Å². The summed E-state index contributed by atoms with van der Waals surface area (Å²) in [5.74, 6) is -0.194. The van der Waals surface area contributed by atoms with Gasteiger partial charge in [-0.3, -0.25) is 9.69 Å². The number of rotatable bonds is 11. The van der Waals surface area contributed by atoms with Gasteiger partial charge in [0.15, 0.2) is 5.13 Å². The Morgan fingerprint density at radius 1 is 0.943 bits per heavy atom. The number of carbonyl (C=O) groups excluding carboxylic acids is 1. The summed E-state index contributed by atoms with van der Waals surface area (Å²) < 4.78 is 28.7. The second-order valence-corrected chi connectivity index (χ2v) is 11.6. The Morgan fingerprint density at radius 2 is 1.57 bits per heavy atom. The minimum Gasteiger partial charge on any atom is -0.308 e. The number of hydrogen-bond donors (Lipinski definition) is 0. The molecule has 3 rings (SSSR count). The van der Waals surface area contributed by atoms with E-state index in [9.17, 15) is 13.2 Å². The van der Waals surface area contributed by atoms with Crippen LogP contribution in [-0.2, 0) is 10.0 Å². The molecule has 192 valence electrons. The van der Waals surface area contributed by atoms with Crippen LogP contribution in [0, 0.1) is 6.92 Å². The molecular formula is C25H35ClN4O3S2. The maximum absolute atomic E-state index is 13.5. The third-order valence-electron chi connectivity index (χ3n) is 5.46. The monoisotopic (exact) mass is 538 g/mol. The predicted molar refractivity (Wildman–Crippen MR) is 148 cm³/mol. The van der Waals surface area contributed by atoms with Crippen LogP contribution in [0.1, 0.15) is 42.6 Å². The minimum absolute atomic E-state index is 0. The second kappa shape index (κ2) is 12.8. The Bertz CT molecular complexity index is 1220. The quantitative estimate of drug-likeness (QED) is 0.342. The number of aryl methyl sites for hydroxylation is 1. The molecule has 2 aromatic carbocycles. The summed E-state index contributed by atoms with van der Waals surface area (Å²) in [7, 11) is 0.330. The van der Waals surface area contributed by atoms with Gasteiger partial charge >= 0.3 is 0 Å². The van der Waals surface area contributed by atoms with Gasteiger partial charge in [0.1, 0.15) is 0 Å². The fourth-order valence-corrected chi connectivity index (χ4v) is 6.36. The van der Waals surface area contributed by atoms with Crippen LogP contribution in [0.5, 0.6) is 0 Å². The first-order valence-corrected chi connectivity index (χ1v) is 13.9. The van der Waals surface area contributed by atoms with Gasteiger partial charge in [-0.15, -0.1) is 12.4 Å². The zero-order valence-electron chi connectivity index (χ0n) is 21.0. The van der Waals surface area contributed by atoms with Crippen LogP contribution in [0.2, 0.25) is 0 Å². The van der Waals surface area contributed by atoms with Crippen LogP contribution >= 0.6 is 23.7 Å². The molecule has 0 aliphatic heterocycles. The van der Waals surface area contributed by atoms with Crippen molar-refractivity contribution in [3.8, 4) is 0 Å². The second-order valence-electron chi connectivity index (χ2n) is 8.66. The summed E-state index contributed by atoms with van der Waals surface area (Å²) in [5, 5.41) is 0.640. The molecule has 0 atom stereocenters. The zero-order valence-corrected chi connectivity index (χ0v) is 23.5. The molecule has 1 heterocycles. The average Bonchev–Trinajstić information content (AvgIpc) is 3.21. The molecule has 0 saturated carbocycles. The van der Waals surface area contributed by atoms with E-state index in [2.05, 4.69) is 6.07 Å². The topological polar surface area (TPSA) is 73.8 Å². The molecule has 1 amide bonds. The molecule has 10 heteroatoms. The Balaban J connectivity index is 0.00000432. The third kappa shape index (κ3) is 7.01. The lowest BCUT2D eigenvalue weighted by Crippen LogP contribution is -2.36. The van der Waals surface area contributed by atoms with Gasteiger partial charge in [0, 0.05) is 31.7 Å². The highest BCUT2D eigenvalue weighted by atomic mass is 35.5. The Kier molecular flexibility index (Phi) is 10.7. The van der Waals surface area contributed by atoms with Gasteiger partial charge in [-0.2, -0.15) is 4.31 Å². The fraction of sp³-hybridized carbons (Fsp3) is 0.440. The maximum atomic E-state index is 13.5. The van der Waals surface area contributed by atoms with E-state index in [0.717, 1.165) is 28.6 Å². The number of halogens is 1. The van der Waals surface area contributed by atoms with Crippen LogP contribution in [0.3, 0.4) is 0 Å². The van der Waals surface area contributed by atoms with E-state index in [1.807, 2.05) is 51.9 Å². The van der Waals surface area contributed by atoms with E-state index in [-0.39, 0.29) is 23.2 Å². The van der Waals surface area contributed by atoms with E-state index >= 15 is 0 Å². The fourth-order valence-electron chi connectivity index (χ4n) is 3.64. The summed E-state index contributed by atoms with van der Waals surface area (Å²) in [6.45, 7) is 8.07. The number of benzene rings is 2. The normalized spacial score (nSPS) is 11.7. The Morgan fingerprint density at radius 3 is 2.14 bits per heavy atom. The highest BCUT2D eigenvalue weighted by molar-refractivity contribution is 7.89. The average molecular weight is 539 g/mol. The molecule has 1 aromatic heterocycles. The first-order valence-electron chi connectivity index (χ1n) is 11.6. The van der Waals surface area contributed by atoms with Crippen molar-refractivity contribution in [2.75, 3.05) is 45.2 Å². The van der Waals surface area contributed by atoms with Crippen LogP contribution in [0.25, 0.3) is 10.2 Å². The summed E-state index contributed by atoms with van der Waals surface area (Å²) in [6.07, 6.45) is 1.50. The van der Waals surface area contributed by atoms with Crippen molar-refractivity contribution >= 4 is 55.0 Å². The number of fused-ring (bicyclic) bond motifs is 1. The van der Waals surface area contributed by atoms with Crippen molar-refractivity contribution in [1.29, 1.82) is 0 Å². The lowest BCUT2D eigenvalue weighted by molar-refractivity contribution is 0.0985. The number of hydrogen-bond acceptors (Lipinski definition) is 6. The number of anilines is 1. The van der Waals surface area contributed by atoms with Crippen LogP contribution in [0.15, 0.2) is 47.4 Å². The molecule has 0 saturated heterocycles. The lowest BCUT2D eigenvalue weighted by Gasteiger charge is -2.23. The predicted octanol–water partition coefficient (Wildman–Crippen LogP) is 5.05. The van der Waals surface area contributed by atoms with Crippen LogP contribution in [0.4, 0.5) is 5.13 Å². The van der Waals surface area contributed by atoms with Crippen molar-refractivity contribution in [1.82, 2.24) is 14.2 Å². The summed E-state index contributed by atoms with van der Waals surface area (Å²) >= 11 is 1.49. The van der Waals surface area contributed by atoms with E-state index < -0.39 is 10.0 Å². The largest absolute Gasteiger partial charge is 0.308 e. The smallest absolute Gasteiger partial charge is 0.260 e. The van der Waals surface area contributed by atoms with E-state index in [1.54, 1.807) is 17.0 Å². The van der Waals surface area contributed by atoms with Gasteiger partial charge in [-0.1, -0.05) is 31.3 Å². The standard InChI is InChI=1S/C25H34N4O3S2.ClH/c1-6-14-28(15-7-2)34(31,32)21-11-9-20(10-12-21)24(30)29(17-16-27(4)5)25-26-22-13-8-19(3)18-23(22)33-25;/h8-13,18H,6-7,14-17H2,1-5H3;1H. The summed E-state index contributed by atoms with van der Waals surface area (Å²) in [6, 6.07) is 12.3. The first-order chi connectivity index (χ1) is 16.2. The molecule has 7 nitrogen and oxygen atoms in total. The van der Waals surface area contributed by atoms with E-state index in [0.29, 0.717) is 36.9 Å². The van der Waals surface area contributed by atoms with Crippen LogP contribution < -0.4 is 4.90 Å². The summed E-state index contributed by atoms with van der Waals surface area (Å²) in [4.78, 5) is 22.1. The zero-order chi connectivity index (χ0) is 24.9. The number of likely N-dealkylation sites (N-methyl/N-ethyl adjacent to an activating group) is 1.